The highest BCUT2D eigenvalue weighted by atomic mass is 16.1. The molecule has 1 amide bonds. The van der Waals surface area contributed by atoms with E-state index in [2.05, 4.69) is 25.5 Å². The van der Waals surface area contributed by atoms with Crippen molar-refractivity contribution in [2.24, 2.45) is 0 Å². The van der Waals surface area contributed by atoms with E-state index in [1.165, 1.54) is 6.33 Å². The number of pyridine rings is 1. The topological polar surface area (TPSA) is 110 Å². The minimum atomic E-state index is -0.309. The van der Waals surface area contributed by atoms with Crippen molar-refractivity contribution in [1.29, 1.82) is 0 Å². The molecule has 0 fully saturated rings. The highest BCUT2D eigenvalue weighted by molar-refractivity contribution is 5.99. The third kappa shape index (κ3) is 2.53. The van der Waals surface area contributed by atoms with Crippen molar-refractivity contribution in [2.75, 3.05) is 5.73 Å². The number of hydrogen-bond donors (Lipinski definition) is 3. The normalized spacial score (nSPS) is 12.2. The average molecular weight is 282 g/mol. The second-order valence-corrected chi connectivity index (χ2v) is 4.68. The van der Waals surface area contributed by atoms with Gasteiger partial charge in [0.2, 0.25) is 0 Å². The van der Waals surface area contributed by atoms with Crippen LogP contribution in [-0.4, -0.2) is 26.1 Å². The van der Waals surface area contributed by atoms with Gasteiger partial charge in [0.05, 0.1) is 11.6 Å². The Morgan fingerprint density at radius 2 is 2.19 bits per heavy atom. The lowest BCUT2D eigenvalue weighted by Crippen LogP contribution is -2.28. The fourth-order valence-electron chi connectivity index (χ4n) is 2.08. The number of amides is 1. The van der Waals surface area contributed by atoms with Gasteiger partial charge in [0.1, 0.15) is 17.8 Å². The molecular weight excluding hydrogens is 268 g/mol. The second-order valence-electron chi connectivity index (χ2n) is 4.68. The predicted molar refractivity (Wildman–Crippen MR) is 78.4 cm³/mol. The van der Waals surface area contributed by atoms with Crippen LogP contribution in [0.25, 0.3) is 10.9 Å². The fourth-order valence-corrected chi connectivity index (χ4v) is 2.08. The number of H-pyrrole nitrogens is 1. The van der Waals surface area contributed by atoms with Crippen molar-refractivity contribution in [3.63, 3.8) is 0 Å². The molecule has 7 heteroatoms. The molecule has 2 heterocycles. The largest absolute Gasteiger partial charge is 0.398 e. The van der Waals surface area contributed by atoms with Gasteiger partial charge in [-0.15, -0.1) is 0 Å². The van der Waals surface area contributed by atoms with E-state index in [1.54, 1.807) is 6.07 Å². The Balaban J connectivity index is 1.88. The maximum Gasteiger partial charge on any atom is 0.270 e. The molecular formula is C14H14N6O. The van der Waals surface area contributed by atoms with Crippen molar-refractivity contribution in [3.05, 3.63) is 48.2 Å². The molecule has 0 spiro atoms. The third-order valence-electron chi connectivity index (χ3n) is 3.17. The minimum absolute atomic E-state index is 0.276. The number of anilines is 1. The summed E-state index contributed by atoms with van der Waals surface area (Å²) in [6, 6.07) is 8.71. The standard InChI is InChI=1S/C14H14N6O/c1-8(13-16-7-17-20-13)18-14(21)12-6-10(15)9-4-2-3-5-11(9)19-12/h2-8H,1H3,(H2,15,19)(H,18,21)(H,16,17,20). The summed E-state index contributed by atoms with van der Waals surface area (Å²) in [7, 11) is 0. The summed E-state index contributed by atoms with van der Waals surface area (Å²) >= 11 is 0. The van der Waals surface area contributed by atoms with Crippen molar-refractivity contribution in [3.8, 4) is 0 Å². The number of para-hydroxylation sites is 1. The Kier molecular flexibility index (Phi) is 3.23. The average Bonchev–Trinajstić information content (AvgIpc) is 3.01. The van der Waals surface area contributed by atoms with E-state index in [-0.39, 0.29) is 17.6 Å². The first-order valence-electron chi connectivity index (χ1n) is 6.46. The predicted octanol–water partition coefficient (Wildman–Crippen LogP) is 1.43. The number of carbonyl (C=O) groups excluding carboxylic acids is 1. The number of nitrogens with zero attached hydrogens (tertiary/aromatic N) is 3. The van der Waals surface area contributed by atoms with Gasteiger partial charge in [0.25, 0.3) is 5.91 Å². The first kappa shape index (κ1) is 13.0. The van der Waals surface area contributed by atoms with Gasteiger partial charge in [0.15, 0.2) is 0 Å². The zero-order valence-electron chi connectivity index (χ0n) is 11.4. The van der Waals surface area contributed by atoms with Crippen LogP contribution in [0.2, 0.25) is 0 Å². The Morgan fingerprint density at radius 1 is 1.38 bits per heavy atom. The molecule has 0 bridgehead atoms. The molecule has 0 radical (unpaired) electrons. The maximum atomic E-state index is 12.3. The first-order chi connectivity index (χ1) is 10.1. The minimum Gasteiger partial charge on any atom is -0.398 e. The summed E-state index contributed by atoms with van der Waals surface area (Å²) in [6.07, 6.45) is 1.39. The van der Waals surface area contributed by atoms with E-state index < -0.39 is 0 Å². The van der Waals surface area contributed by atoms with Gasteiger partial charge in [-0.05, 0) is 19.1 Å². The van der Waals surface area contributed by atoms with E-state index in [1.807, 2.05) is 31.2 Å². The van der Waals surface area contributed by atoms with Gasteiger partial charge in [-0.1, -0.05) is 18.2 Å². The van der Waals surface area contributed by atoms with Crippen LogP contribution in [0.1, 0.15) is 29.3 Å². The zero-order chi connectivity index (χ0) is 14.8. The van der Waals surface area contributed by atoms with Gasteiger partial charge in [-0.25, -0.2) is 9.97 Å². The van der Waals surface area contributed by atoms with Gasteiger partial charge in [-0.3, -0.25) is 9.89 Å². The molecule has 1 atom stereocenters. The number of rotatable bonds is 3. The molecule has 3 aromatic rings. The molecule has 2 aromatic heterocycles. The Morgan fingerprint density at radius 3 is 2.95 bits per heavy atom. The van der Waals surface area contributed by atoms with Crippen molar-refractivity contribution >= 4 is 22.5 Å². The molecule has 106 valence electrons. The number of aromatic nitrogens is 4. The number of hydrogen-bond acceptors (Lipinski definition) is 5. The highest BCUT2D eigenvalue weighted by Crippen LogP contribution is 2.20. The summed E-state index contributed by atoms with van der Waals surface area (Å²) < 4.78 is 0. The molecule has 21 heavy (non-hydrogen) atoms. The van der Waals surface area contributed by atoms with Crippen LogP contribution < -0.4 is 11.1 Å². The summed E-state index contributed by atoms with van der Waals surface area (Å²) in [5, 5.41) is 10.1. The molecule has 0 saturated carbocycles. The van der Waals surface area contributed by atoms with Crippen LogP contribution in [0.5, 0.6) is 0 Å². The van der Waals surface area contributed by atoms with Crippen LogP contribution in [0.3, 0.4) is 0 Å². The van der Waals surface area contributed by atoms with E-state index in [0.29, 0.717) is 17.0 Å². The number of carbonyl (C=O) groups is 1. The van der Waals surface area contributed by atoms with E-state index in [0.717, 1.165) is 5.39 Å². The van der Waals surface area contributed by atoms with Crippen LogP contribution in [0.15, 0.2) is 36.7 Å². The highest BCUT2D eigenvalue weighted by Gasteiger charge is 2.15. The molecule has 3 rings (SSSR count). The number of nitrogens with one attached hydrogen (secondary N) is 2. The Labute approximate surface area is 120 Å². The van der Waals surface area contributed by atoms with E-state index >= 15 is 0 Å². The van der Waals surface area contributed by atoms with E-state index in [9.17, 15) is 4.79 Å². The molecule has 0 aliphatic carbocycles. The third-order valence-corrected chi connectivity index (χ3v) is 3.17. The van der Waals surface area contributed by atoms with Crippen molar-refractivity contribution in [1.82, 2.24) is 25.5 Å². The van der Waals surface area contributed by atoms with Crippen molar-refractivity contribution < 1.29 is 4.79 Å². The first-order valence-corrected chi connectivity index (χ1v) is 6.46. The smallest absolute Gasteiger partial charge is 0.270 e. The molecule has 4 N–H and O–H groups in total. The molecule has 1 aromatic carbocycles. The van der Waals surface area contributed by atoms with Gasteiger partial charge >= 0.3 is 0 Å². The Bertz CT molecular complexity index is 783. The summed E-state index contributed by atoms with van der Waals surface area (Å²) in [4.78, 5) is 20.6. The lowest BCUT2D eigenvalue weighted by molar-refractivity contribution is 0.0933. The molecule has 7 nitrogen and oxygen atoms in total. The van der Waals surface area contributed by atoms with Crippen LogP contribution in [0.4, 0.5) is 5.69 Å². The monoisotopic (exact) mass is 282 g/mol. The lowest BCUT2D eigenvalue weighted by Gasteiger charge is -2.11. The number of fused-ring (bicyclic) bond motifs is 1. The summed E-state index contributed by atoms with van der Waals surface area (Å²) in [5.74, 6) is 0.272. The second kappa shape index (κ2) is 5.20. The molecule has 0 saturated heterocycles. The van der Waals surface area contributed by atoms with Crippen LogP contribution in [-0.2, 0) is 0 Å². The Hall–Kier alpha value is -2.96. The van der Waals surface area contributed by atoms with Crippen LogP contribution >= 0.6 is 0 Å². The van der Waals surface area contributed by atoms with E-state index in [4.69, 9.17) is 5.73 Å². The molecule has 1 unspecified atom stereocenters. The SMILES string of the molecule is CC(NC(=O)c1cc(N)c2ccccc2n1)c1ncn[nH]1. The van der Waals surface area contributed by atoms with Gasteiger partial charge in [-0.2, -0.15) is 5.10 Å². The molecule has 0 aliphatic heterocycles. The summed E-state index contributed by atoms with van der Waals surface area (Å²) in [5.41, 5.74) is 7.46. The number of nitrogen functional groups attached to an aromatic ring is 1. The number of aromatic amines is 1. The quantitative estimate of drug-likeness (QED) is 0.673. The fraction of sp³-hybridized carbons (Fsp3) is 0.143. The van der Waals surface area contributed by atoms with Gasteiger partial charge in [0, 0.05) is 11.1 Å². The number of nitrogens with two attached hydrogens (primary N) is 1. The van der Waals surface area contributed by atoms with Crippen LogP contribution in [0, 0.1) is 0 Å². The number of benzene rings is 1. The lowest BCUT2D eigenvalue weighted by atomic mass is 10.1. The van der Waals surface area contributed by atoms with Crippen molar-refractivity contribution in [2.45, 2.75) is 13.0 Å². The van der Waals surface area contributed by atoms with Gasteiger partial charge < -0.3 is 11.1 Å². The summed E-state index contributed by atoms with van der Waals surface area (Å²) in [6.45, 7) is 1.81. The molecule has 0 aliphatic rings. The zero-order valence-corrected chi connectivity index (χ0v) is 11.4. The maximum absolute atomic E-state index is 12.3.